The van der Waals surface area contributed by atoms with E-state index < -0.39 is 6.09 Å². The summed E-state index contributed by atoms with van der Waals surface area (Å²) in [4.78, 5) is 11.8. The maximum absolute atomic E-state index is 11.8. The Morgan fingerprint density at radius 3 is 2.81 bits per heavy atom. The average molecular weight is 365 g/mol. The Balaban J connectivity index is 2.04. The monoisotopic (exact) mass is 365 g/mol. The molecule has 3 N–H and O–H groups in total. The van der Waals surface area contributed by atoms with Gasteiger partial charge in [-0.2, -0.15) is 0 Å². The molecular formula is C21H23N3O3. The molecule has 0 unspecified atom stereocenters. The molecule has 0 saturated carbocycles. The number of ether oxygens (including phenoxy) is 2. The summed E-state index contributed by atoms with van der Waals surface area (Å²) in [6.45, 7) is 6.49. The first-order chi connectivity index (χ1) is 13.1. The molecule has 0 atom stereocenters. The predicted molar refractivity (Wildman–Crippen MR) is 109 cm³/mol. The molecule has 0 radical (unpaired) electrons. The van der Waals surface area contributed by atoms with Gasteiger partial charge >= 0.3 is 6.09 Å². The summed E-state index contributed by atoms with van der Waals surface area (Å²) in [6.07, 6.45) is 0.991. The number of nitrogens with zero attached hydrogens (tertiary/aromatic N) is 1. The molecular weight excluding hydrogens is 342 g/mol. The molecule has 0 aliphatic rings. The lowest BCUT2D eigenvalue weighted by Gasteiger charge is -2.11. The van der Waals surface area contributed by atoms with E-state index in [4.69, 9.17) is 15.2 Å². The zero-order valence-electron chi connectivity index (χ0n) is 15.5. The van der Waals surface area contributed by atoms with E-state index in [2.05, 4.69) is 23.4 Å². The Kier molecular flexibility index (Phi) is 5.35. The van der Waals surface area contributed by atoms with Crippen LogP contribution in [0.2, 0.25) is 0 Å². The molecule has 0 aliphatic carbocycles. The van der Waals surface area contributed by atoms with Crippen molar-refractivity contribution < 1.29 is 14.3 Å². The highest BCUT2D eigenvalue weighted by Gasteiger charge is 2.17. The van der Waals surface area contributed by atoms with Crippen LogP contribution in [0.5, 0.6) is 5.75 Å². The van der Waals surface area contributed by atoms with Gasteiger partial charge in [-0.25, -0.2) is 4.79 Å². The molecule has 0 spiro atoms. The first-order valence-electron chi connectivity index (χ1n) is 8.69. The number of carbonyl (C=O) groups is 1. The fraction of sp³-hybridized carbons (Fsp3) is 0.190. The smallest absolute Gasteiger partial charge is 0.411 e. The summed E-state index contributed by atoms with van der Waals surface area (Å²) in [6, 6.07) is 13.4. The largest absolute Gasteiger partial charge is 0.497 e. The van der Waals surface area contributed by atoms with Crippen molar-refractivity contribution in [1.29, 1.82) is 0 Å². The normalized spacial score (nSPS) is 10.6. The van der Waals surface area contributed by atoms with E-state index in [1.807, 2.05) is 36.4 Å². The van der Waals surface area contributed by atoms with E-state index >= 15 is 0 Å². The zero-order chi connectivity index (χ0) is 19.4. The molecule has 140 valence electrons. The SMILES string of the molecule is C=CCOC(=O)Nc1cccc(-c2c(N)c3ccc(OC)cc3n2CC)c1. The van der Waals surface area contributed by atoms with Gasteiger partial charge in [-0.15, -0.1) is 0 Å². The number of rotatable bonds is 6. The van der Waals surface area contributed by atoms with Gasteiger partial charge in [0.25, 0.3) is 0 Å². The third-order valence-electron chi connectivity index (χ3n) is 4.34. The van der Waals surface area contributed by atoms with Crippen LogP contribution in [0.15, 0.2) is 55.1 Å². The molecule has 1 aromatic heterocycles. The molecule has 1 heterocycles. The van der Waals surface area contributed by atoms with Crippen LogP contribution in [-0.4, -0.2) is 24.4 Å². The van der Waals surface area contributed by atoms with Crippen molar-refractivity contribution in [3.05, 3.63) is 55.1 Å². The Labute approximate surface area is 158 Å². The van der Waals surface area contributed by atoms with Crippen molar-refractivity contribution >= 4 is 28.4 Å². The summed E-state index contributed by atoms with van der Waals surface area (Å²) in [5.41, 5.74) is 10.6. The van der Waals surface area contributed by atoms with E-state index in [0.717, 1.165) is 34.5 Å². The van der Waals surface area contributed by atoms with Crippen LogP contribution in [-0.2, 0) is 11.3 Å². The second kappa shape index (κ2) is 7.86. The van der Waals surface area contributed by atoms with Gasteiger partial charge in [0.15, 0.2) is 0 Å². The van der Waals surface area contributed by atoms with Crippen LogP contribution in [0.1, 0.15) is 6.92 Å². The van der Waals surface area contributed by atoms with Crippen molar-refractivity contribution in [2.24, 2.45) is 0 Å². The van der Waals surface area contributed by atoms with E-state index in [-0.39, 0.29) is 6.61 Å². The minimum absolute atomic E-state index is 0.157. The van der Waals surface area contributed by atoms with Crippen molar-refractivity contribution in [2.45, 2.75) is 13.5 Å². The van der Waals surface area contributed by atoms with E-state index in [1.165, 1.54) is 6.08 Å². The van der Waals surface area contributed by atoms with Crippen molar-refractivity contribution in [3.63, 3.8) is 0 Å². The van der Waals surface area contributed by atoms with Gasteiger partial charge in [0, 0.05) is 29.2 Å². The highest BCUT2D eigenvalue weighted by Crippen LogP contribution is 2.38. The predicted octanol–water partition coefficient (Wildman–Crippen LogP) is 4.65. The fourth-order valence-corrected chi connectivity index (χ4v) is 3.16. The molecule has 6 nitrogen and oxygen atoms in total. The van der Waals surface area contributed by atoms with Gasteiger partial charge in [0.05, 0.1) is 24.0 Å². The van der Waals surface area contributed by atoms with Gasteiger partial charge in [-0.1, -0.05) is 24.8 Å². The van der Waals surface area contributed by atoms with Crippen LogP contribution in [0, 0.1) is 0 Å². The maximum Gasteiger partial charge on any atom is 0.411 e. The minimum Gasteiger partial charge on any atom is -0.497 e. The lowest BCUT2D eigenvalue weighted by Crippen LogP contribution is -2.13. The number of anilines is 2. The van der Waals surface area contributed by atoms with Crippen molar-refractivity contribution in [1.82, 2.24) is 4.57 Å². The van der Waals surface area contributed by atoms with Gasteiger partial charge in [0.1, 0.15) is 12.4 Å². The maximum atomic E-state index is 11.8. The number of fused-ring (bicyclic) bond motifs is 1. The number of nitrogens with two attached hydrogens (primary N) is 1. The molecule has 3 aromatic rings. The molecule has 0 saturated heterocycles. The second-order valence-corrected chi connectivity index (χ2v) is 5.98. The van der Waals surface area contributed by atoms with Crippen LogP contribution in [0.25, 0.3) is 22.2 Å². The standard InChI is InChI=1S/C21H23N3O3/c1-4-11-27-21(25)23-15-8-6-7-14(12-15)20-19(22)17-10-9-16(26-3)13-18(17)24(20)5-2/h4,6-10,12-13H,1,5,11,22H2,2-3H3,(H,23,25). The van der Waals surface area contributed by atoms with E-state index in [0.29, 0.717) is 11.4 Å². The first-order valence-corrected chi connectivity index (χ1v) is 8.69. The third kappa shape index (κ3) is 3.60. The quantitative estimate of drug-likeness (QED) is 0.623. The topological polar surface area (TPSA) is 78.5 Å². The Hall–Kier alpha value is -3.41. The Morgan fingerprint density at radius 2 is 2.11 bits per heavy atom. The number of nitrogens with one attached hydrogen (secondary N) is 1. The highest BCUT2D eigenvalue weighted by molar-refractivity contribution is 6.02. The minimum atomic E-state index is -0.527. The number of benzene rings is 2. The van der Waals surface area contributed by atoms with Crippen LogP contribution >= 0.6 is 0 Å². The van der Waals surface area contributed by atoms with E-state index in [1.54, 1.807) is 13.2 Å². The fourth-order valence-electron chi connectivity index (χ4n) is 3.16. The highest BCUT2D eigenvalue weighted by atomic mass is 16.5. The number of methoxy groups -OCH3 is 1. The van der Waals surface area contributed by atoms with Crippen molar-refractivity contribution in [3.8, 4) is 17.0 Å². The number of hydrogen-bond donors (Lipinski definition) is 2. The van der Waals surface area contributed by atoms with Crippen LogP contribution in [0.3, 0.4) is 0 Å². The van der Waals surface area contributed by atoms with Gasteiger partial charge in [0.2, 0.25) is 0 Å². The number of aryl methyl sites for hydroxylation is 1. The van der Waals surface area contributed by atoms with Gasteiger partial charge < -0.3 is 19.8 Å². The molecule has 2 aromatic carbocycles. The summed E-state index contributed by atoms with van der Waals surface area (Å²) < 4.78 is 12.5. The zero-order valence-corrected chi connectivity index (χ0v) is 15.5. The summed E-state index contributed by atoms with van der Waals surface area (Å²) in [5.74, 6) is 0.779. The molecule has 27 heavy (non-hydrogen) atoms. The number of amides is 1. The molecule has 0 bridgehead atoms. The summed E-state index contributed by atoms with van der Waals surface area (Å²) >= 11 is 0. The number of carbonyl (C=O) groups excluding carboxylic acids is 1. The number of aromatic nitrogens is 1. The lowest BCUT2D eigenvalue weighted by atomic mass is 10.1. The number of nitrogen functional groups attached to an aromatic ring is 1. The Morgan fingerprint density at radius 1 is 1.30 bits per heavy atom. The molecule has 0 fully saturated rings. The Bertz CT molecular complexity index is 992. The number of hydrogen-bond acceptors (Lipinski definition) is 4. The summed E-state index contributed by atoms with van der Waals surface area (Å²) in [5, 5.41) is 3.69. The molecule has 0 aliphatic heterocycles. The second-order valence-electron chi connectivity index (χ2n) is 5.98. The first kappa shape index (κ1) is 18.4. The average Bonchev–Trinajstić information content (AvgIpc) is 2.97. The molecule has 6 heteroatoms. The van der Waals surface area contributed by atoms with Crippen LogP contribution < -0.4 is 15.8 Å². The van der Waals surface area contributed by atoms with Crippen LogP contribution in [0.4, 0.5) is 16.2 Å². The lowest BCUT2D eigenvalue weighted by molar-refractivity contribution is 0.174. The molecule has 1 amide bonds. The van der Waals surface area contributed by atoms with Gasteiger partial charge in [-0.3, -0.25) is 5.32 Å². The van der Waals surface area contributed by atoms with Crippen molar-refractivity contribution in [2.75, 3.05) is 24.8 Å². The molecule has 3 rings (SSSR count). The van der Waals surface area contributed by atoms with E-state index in [9.17, 15) is 4.79 Å². The summed E-state index contributed by atoms with van der Waals surface area (Å²) in [7, 11) is 1.64. The third-order valence-corrected chi connectivity index (χ3v) is 4.34. The van der Waals surface area contributed by atoms with Gasteiger partial charge in [-0.05, 0) is 31.2 Å².